The molecule has 110 valence electrons. The van der Waals surface area contributed by atoms with E-state index in [1.807, 2.05) is 0 Å². The maximum atomic E-state index is 4.71. The third kappa shape index (κ3) is 4.98. The lowest BCUT2D eigenvalue weighted by Gasteiger charge is -2.12. The second-order valence-electron chi connectivity index (χ2n) is 6.25. The van der Waals surface area contributed by atoms with Crippen LogP contribution in [0, 0.1) is 25.7 Å². The monoisotopic (exact) mass is 265 g/mol. The van der Waals surface area contributed by atoms with E-state index in [1.165, 1.54) is 29.8 Å². The van der Waals surface area contributed by atoms with Crippen molar-refractivity contribution in [3.63, 3.8) is 0 Å². The summed E-state index contributed by atoms with van der Waals surface area (Å²) in [6.07, 6.45) is 2.53. The van der Waals surface area contributed by atoms with Crippen molar-refractivity contribution in [3.05, 3.63) is 17.0 Å². The van der Waals surface area contributed by atoms with Gasteiger partial charge < -0.3 is 5.32 Å². The molecule has 1 rings (SSSR count). The predicted molar refractivity (Wildman–Crippen MR) is 82.3 cm³/mol. The largest absolute Gasteiger partial charge is 0.312 e. The number of rotatable bonds is 8. The molecule has 0 aromatic carbocycles. The fourth-order valence-electron chi connectivity index (χ4n) is 2.53. The van der Waals surface area contributed by atoms with Gasteiger partial charge in [0.1, 0.15) is 0 Å². The van der Waals surface area contributed by atoms with Crippen LogP contribution in [0.5, 0.6) is 0 Å². The van der Waals surface area contributed by atoms with E-state index in [2.05, 4.69) is 51.5 Å². The molecule has 0 spiro atoms. The standard InChI is InChI=1S/C16H31N3/c1-7-8-13(4)11-19-15(6)16(14(5)18-19)10-17-9-12(2)3/h12-13,17H,7-11H2,1-6H3. The van der Waals surface area contributed by atoms with Gasteiger partial charge in [-0.05, 0) is 38.6 Å². The summed E-state index contributed by atoms with van der Waals surface area (Å²) in [5.41, 5.74) is 3.89. The number of hydrogen-bond donors (Lipinski definition) is 1. The lowest BCUT2D eigenvalue weighted by atomic mass is 10.1. The maximum Gasteiger partial charge on any atom is 0.0641 e. The number of nitrogens with zero attached hydrogens (tertiary/aromatic N) is 2. The van der Waals surface area contributed by atoms with Gasteiger partial charge in [-0.15, -0.1) is 0 Å². The maximum absolute atomic E-state index is 4.71. The van der Waals surface area contributed by atoms with E-state index in [-0.39, 0.29) is 0 Å². The van der Waals surface area contributed by atoms with E-state index in [9.17, 15) is 0 Å². The molecule has 1 N–H and O–H groups in total. The Labute approximate surface area is 118 Å². The van der Waals surface area contributed by atoms with Crippen LogP contribution in [-0.2, 0) is 13.1 Å². The molecule has 0 aliphatic carbocycles. The molecule has 0 bridgehead atoms. The molecule has 0 saturated heterocycles. The van der Waals surface area contributed by atoms with Crippen LogP contribution in [0.25, 0.3) is 0 Å². The first-order valence-electron chi connectivity index (χ1n) is 7.69. The molecule has 3 nitrogen and oxygen atoms in total. The second-order valence-corrected chi connectivity index (χ2v) is 6.25. The van der Waals surface area contributed by atoms with Crippen molar-refractivity contribution in [1.82, 2.24) is 15.1 Å². The second kappa shape index (κ2) is 7.68. The fourth-order valence-corrected chi connectivity index (χ4v) is 2.53. The minimum absolute atomic E-state index is 0.695. The van der Waals surface area contributed by atoms with E-state index in [1.54, 1.807) is 0 Å². The van der Waals surface area contributed by atoms with Crippen molar-refractivity contribution in [2.24, 2.45) is 11.8 Å². The molecule has 0 aliphatic rings. The highest BCUT2D eigenvalue weighted by Gasteiger charge is 2.13. The van der Waals surface area contributed by atoms with Gasteiger partial charge in [0.05, 0.1) is 5.69 Å². The van der Waals surface area contributed by atoms with E-state index in [0.29, 0.717) is 11.8 Å². The van der Waals surface area contributed by atoms with Gasteiger partial charge in [0.2, 0.25) is 0 Å². The van der Waals surface area contributed by atoms with Gasteiger partial charge in [0.25, 0.3) is 0 Å². The zero-order chi connectivity index (χ0) is 14.4. The van der Waals surface area contributed by atoms with Crippen LogP contribution in [0.3, 0.4) is 0 Å². The quantitative estimate of drug-likeness (QED) is 0.777. The lowest BCUT2D eigenvalue weighted by Crippen LogP contribution is -2.19. The Hall–Kier alpha value is -0.830. The summed E-state index contributed by atoms with van der Waals surface area (Å²) in [7, 11) is 0. The van der Waals surface area contributed by atoms with E-state index >= 15 is 0 Å². The zero-order valence-electron chi connectivity index (χ0n) is 13.6. The first-order valence-corrected chi connectivity index (χ1v) is 7.69. The number of aryl methyl sites for hydroxylation is 1. The highest BCUT2D eigenvalue weighted by atomic mass is 15.3. The van der Waals surface area contributed by atoms with Crippen LogP contribution in [-0.4, -0.2) is 16.3 Å². The average molecular weight is 265 g/mol. The van der Waals surface area contributed by atoms with Gasteiger partial charge in [-0.3, -0.25) is 4.68 Å². The van der Waals surface area contributed by atoms with Crippen LogP contribution < -0.4 is 5.32 Å². The van der Waals surface area contributed by atoms with Crippen molar-refractivity contribution in [2.45, 2.75) is 67.5 Å². The third-order valence-electron chi connectivity index (χ3n) is 3.65. The van der Waals surface area contributed by atoms with E-state index < -0.39 is 0 Å². The highest BCUT2D eigenvalue weighted by molar-refractivity contribution is 5.24. The summed E-state index contributed by atoms with van der Waals surface area (Å²) in [4.78, 5) is 0. The average Bonchev–Trinajstić information content (AvgIpc) is 2.56. The van der Waals surface area contributed by atoms with Crippen LogP contribution in [0.2, 0.25) is 0 Å². The van der Waals surface area contributed by atoms with Gasteiger partial charge in [-0.1, -0.05) is 34.1 Å². The molecule has 0 fully saturated rings. The first-order chi connectivity index (χ1) is 8.95. The Bertz CT molecular complexity index is 380. The van der Waals surface area contributed by atoms with E-state index in [0.717, 1.165) is 19.6 Å². The van der Waals surface area contributed by atoms with Gasteiger partial charge in [-0.2, -0.15) is 5.10 Å². The molecule has 1 atom stereocenters. The summed E-state index contributed by atoms with van der Waals surface area (Å²) >= 11 is 0. The minimum atomic E-state index is 0.695. The summed E-state index contributed by atoms with van der Waals surface area (Å²) in [6.45, 7) is 16.4. The third-order valence-corrected chi connectivity index (χ3v) is 3.65. The van der Waals surface area contributed by atoms with Crippen LogP contribution in [0.15, 0.2) is 0 Å². The predicted octanol–water partition coefficient (Wildman–Crippen LogP) is 3.68. The Kier molecular flexibility index (Phi) is 6.56. The Morgan fingerprint density at radius 3 is 2.47 bits per heavy atom. The Morgan fingerprint density at radius 2 is 1.89 bits per heavy atom. The van der Waals surface area contributed by atoms with Gasteiger partial charge in [0.15, 0.2) is 0 Å². The molecule has 0 saturated carbocycles. The van der Waals surface area contributed by atoms with Gasteiger partial charge in [0, 0.05) is 24.3 Å². The molecule has 0 aliphatic heterocycles. The van der Waals surface area contributed by atoms with Crippen molar-refractivity contribution < 1.29 is 0 Å². The molecule has 19 heavy (non-hydrogen) atoms. The molecule has 1 aromatic heterocycles. The van der Waals surface area contributed by atoms with Gasteiger partial charge >= 0.3 is 0 Å². The summed E-state index contributed by atoms with van der Waals surface area (Å²) < 4.78 is 2.20. The minimum Gasteiger partial charge on any atom is -0.312 e. The molecule has 0 radical (unpaired) electrons. The molecular weight excluding hydrogens is 234 g/mol. The van der Waals surface area contributed by atoms with E-state index in [4.69, 9.17) is 5.10 Å². The smallest absolute Gasteiger partial charge is 0.0641 e. The molecule has 1 heterocycles. The topological polar surface area (TPSA) is 29.9 Å². The van der Waals surface area contributed by atoms with Crippen molar-refractivity contribution in [2.75, 3.05) is 6.54 Å². The number of aromatic nitrogens is 2. The summed E-state index contributed by atoms with van der Waals surface area (Å²) in [6, 6.07) is 0. The van der Waals surface area contributed by atoms with Crippen molar-refractivity contribution in [1.29, 1.82) is 0 Å². The summed E-state index contributed by atoms with van der Waals surface area (Å²) in [5.74, 6) is 1.40. The Morgan fingerprint density at radius 1 is 1.21 bits per heavy atom. The number of nitrogens with one attached hydrogen (secondary N) is 1. The van der Waals surface area contributed by atoms with Crippen molar-refractivity contribution >= 4 is 0 Å². The molecule has 3 heteroatoms. The Balaban J connectivity index is 2.65. The number of hydrogen-bond acceptors (Lipinski definition) is 2. The SMILES string of the molecule is CCCC(C)Cn1nc(C)c(CNCC(C)C)c1C. The van der Waals surface area contributed by atoms with Crippen LogP contribution in [0.4, 0.5) is 0 Å². The van der Waals surface area contributed by atoms with Crippen LogP contribution in [0.1, 0.15) is 57.5 Å². The molecule has 1 unspecified atom stereocenters. The lowest BCUT2D eigenvalue weighted by molar-refractivity contribution is 0.413. The first kappa shape index (κ1) is 16.2. The normalized spacial score (nSPS) is 13.2. The molecule has 0 amide bonds. The highest BCUT2D eigenvalue weighted by Crippen LogP contribution is 2.16. The summed E-state index contributed by atoms with van der Waals surface area (Å²) in [5, 5.41) is 8.23. The molecular formula is C16H31N3. The van der Waals surface area contributed by atoms with Gasteiger partial charge in [-0.25, -0.2) is 0 Å². The zero-order valence-corrected chi connectivity index (χ0v) is 13.6. The molecule has 1 aromatic rings. The van der Waals surface area contributed by atoms with Crippen molar-refractivity contribution in [3.8, 4) is 0 Å². The fraction of sp³-hybridized carbons (Fsp3) is 0.812. The van der Waals surface area contributed by atoms with Crippen LogP contribution >= 0.6 is 0 Å².